The molecule has 0 spiro atoms. The van der Waals surface area contributed by atoms with Crippen LogP contribution >= 0.6 is 0 Å². The van der Waals surface area contributed by atoms with Gasteiger partial charge in [-0.3, -0.25) is 0 Å². The van der Waals surface area contributed by atoms with Gasteiger partial charge in [0.1, 0.15) is 0 Å². The summed E-state index contributed by atoms with van der Waals surface area (Å²) in [5.41, 5.74) is 6.78. The second-order valence-electron chi connectivity index (χ2n) is 4.43. The van der Waals surface area contributed by atoms with E-state index in [1.54, 1.807) is 19.4 Å². The number of guanidine groups is 1. The highest BCUT2D eigenvalue weighted by Gasteiger charge is 2.14. The molecule has 1 aliphatic rings. The molecule has 1 aromatic rings. The van der Waals surface area contributed by atoms with Crippen LogP contribution in [-0.2, 0) is 11.3 Å². The van der Waals surface area contributed by atoms with Crippen LogP contribution < -0.4 is 15.8 Å². The molecule has 0 aliphatic carbocycles. The summed E-state index contributed by atoms with van der Waals surface area (Å²) in [6.45, 7) is 2.07. The zero-order chi connectivity index (χ0) is 13.5. The van der Waals surface area contributed by atoms with Crippen LogP contribution in [0.4, 0.5) is 0 Å². The van der Waals surface area contributed by atoms with Gasteiger partial charge in [0.05, 0.1) is 19.8 Å². The Kier molecular flexibility index (Phi) is 4.97. The molecule has 0 bridgehead atoms. The molecule has 0 radical (unpaired) electrons. The fourth-order valence-electron chi connectivity index (χ4n) is 1.88. The largest absolute Gasteiger partial charge is 0.481 e. The van der Waals surface area contributed by atoms with E-state index in [2.05, 4.69) is 15.3 Å². The zero-order valence-electron chi connectivity index (χ0n) is 11.1. The average Bonchev–Trinajstić information content (AvgIpc) is 2.96. The Labute approximate surface area is 113 Å². The molecule has 19 heavy (non-hydrogen) atoms. The molecule has 6 nitrogen and oxygen atoms in total. The highest BCUT2D eigenvalue weighted by molar-refractivity contribution is 5.77. The molecule has 1 saturated heterocycles. The third kappa shape index (κ3) is 4.40. The van der Waals surface area contributed by atoms with E-state index < -0.39 is 0 Å². The molecule has 0 aromatic carbocycles. The van der Waals surface area contributed by atoms with E-state index in [-0.39, 0.29) is 6.10 Å². The van der Waals surface area contributed by atoms with Crippen LogP contribution in [0.25, 0.3) is 0 Å². The lowest BCUT2D eigenvalue weighted by molar-refractivity contribution is 0.114. The number of methoxy groups -OCH3 is 1. The highest BCUT2D eigenvalue weighted by Crippen LogP contribution is 2.10. The van der Waals surface area contributed by atoms with Gasteiger partial charge in [0.25, 0.3) is 0 Å². The minimum absolute atomic E-state index is 0.261. The standard InChI is InChI=1S/C13H20N4O2/c1-18-12-5-4-10(7-15-12)8-16-13(14)17-9-11-3-2-6-19-11/h4-5,7,11H,2-3,6,8-9H2,1H3,(H3,14,16,17). The normalized spacial score (nSPS) is 19.4. The van der Waals surface area contributed by atoms with Gasteiger partial charge in [-0.25, -0.2) is 9.98 Å². The molecule has 1 aromatic heterocycles. The number of hydrogen-bond donors (Lipinski definition) is 2. The monoisotopic (exact) mass is 264 g/mol. The second kappa shape index (κ2) is 6.94. The Hall–Kier alpha value is -1.82. The van der Waals surface area contributed by atoms with Crippen molar-refractivity contribution in [2.45, 2.75) is 25.5 Å². The van der Waals surface area contributed by atoms with E-state index in [4.69, 9.17) is 15.2 Å². The Bertz CT molecular complexity index is 413. The van der Waals surface area contributed by atoms with Crippen molar-refractivity contribution in [1.82, 2.24) is 10.3 Å². The second-order valence-corrected chi connectivity index (χ2v) is 4.43. The smallest absolute Gasteiger partial charge is 0.212 e. The number of nitrogens with zero attached hydrogens (tertiary/aromatic N) is 2. The van der Waals surface area contributed by atoms with E-state index in [0.717, 1.165) is 31.6 Å². The topological polar surface area (TPSA) is 81.8 Å². The Morgan fingerprint density at radius 3 is 3.16 bits per heavy atom. The third-order valence-corrected chi connectivity index (χ3v) is 2.97. The van der Waals surface area contributed by atoms with Gasteiger partial charge in [0.2, 0.25) is 5.88 Å². The molecule has 2 rings (SSSR count). The third-order valence-electron chi connectivity index (χ3n) is 2.97. The van der Waals surface area contributed by atoms with Gasteiger partial charge >= 0.3 is 0 Å². The molecular weight excluding hydrogens is 244 g/mol. The van der Waals surface area contributed by atoms with Crippen LogP contribution in [0.1, 0.15) is 18.4 Å². The van der Waals surface area contributed by atoms with Crippen LogP contribution in [0.2, 0.25) is 0 Å². The maximum Gasteiger partial charge on any atom is 0.212 e. The summed E-state index contributed by atoms with van der Waals surface area (Å²) in [6, 6.07) is 3.73. The summed E-state index contributed by atoms with van der Waals surface area (Å²) in [6.07, 6.45) is 4.20. The fraction of sp³-hybridized carbons (Fsp3) is 0.538. The van der Waals surface area contributed by atoms with Crippen molar-refractivity contribution < 1.29 is 9.47 Å². The van der Waals surface area contributed by atoms with E-state index in [1.165, 1.54) is 0 Å². The number of rotatable bonds is 5. The predicted octanol–water partition coefficient (Wildman–Crippen LogP) is 0.673. The molecule has 104 valence electrons. The molecule has 1 atom stereocenters. The quantitative estimate of drug-likeness (QED) is 0.603. The van der Waals surface area contributed by atoms with Crippen LogP contribution in [0.15, 0.2) is 23.3 Å². The lowest BCUT2D eigenvalue weighted by Gasteiger charge is -2.11. The van der Waals surface area contributed by atoms with Gasteiger partial charge in [0, 0.05) is 25.4 Å². The van der Waals surface area contributed by atoms with Crippen molar-refractivity contribution in [3.63, 3.8) is 0 Å². The summed E-state index contributed by atoms with van der Waals surface area (Å²) in [5, 5.41) is 3.08. The summed E-state index contributed by atoms with van der Waals surface area (Å²) in [5.74, 6) is 1.03. The maximum atomic E-state index is 5.79. The first-order valence-corrected chi connectivity index (χ1v) is 6.42. The lowest BCUT2D eigenvalue weighted by atomic mass is 10.2. The number of hydrogen-bond acceptors (Lipinski definition) is 4. The highest BCUT2D eigenvalue weighted by atomic mass is 16.5. The summed E-state index contributed by atoms with van der Waals surface area (Å²) >= 11 is 0. The van der Waals surface area contributed by atoms with E-state index >= 15 is 0 Å². The molecule has 0 saturated carbocycles. The number of nitrogens with two attached hydrogens (primary N) is 1. The van der Waals surface area contributed by atoms with Crippen molar-refractivity contribution in [3.05, 3.63) is 23.9 Å². The Morgan fingerprint density at radius 2 is 2.53 bits per heavy atom. The van der Waals surface area contributed by atoms with Gasteiger partial charge in [-0.1, -0.05) is 6.07 Å². The van der Waals surface area contributed by atoms with Crippen LogP contribution in [0.3, 0.4) is 0 Å². The molecule has 6 heteroatoms. The first-order valence-electron chi connectivity index (χ1n) is 6.42. The molecule has 2 heterocycles. The van der Waals surface area contributed by atoms with Gasteiger partial charge in [0.15, 0.2) is 5.96 Å². The molecule has 1 unspecified atom stereocenters. The van der Waals surface area contributed by atoms with Crippen LogP contribution in [0.5, 0.6) is 5.88 Å². The number of pyridine rings is 1. The van der Waals surface area contributed by atoms with Gasteiger partial charge in [-0.05, 0) is 18.4 Å². The van der Waals surface area contributed by atoms with Crippen molar-refractivity contribution >= 4 is 5.96 Å². The minimum atomic E-state index is 0.261. The summed E-state index contributed by atoms with van der Waals surface area (Å²) in [7, 11) is 1.59. The number of nitrogens with one attached hydrogen (secondary N) is 1. The first kappa shape index (κ1) is 13.6. The zero-order valence-corrected chi connectivity index (χ0v) is 11.1. The molecule has 1 aliphatic heterocycles. The van der Waals surface area contributed by atoms with E-state index in [0.29, 0.717) is 18.4 Å². The Morgan fingerprint density at radius 1 is 1.63 bits per heavy atom. The molecule has 0 amide bonds. The maximum absolute atomic E-state index is 5.79. The predicted molar refractivity (Wildman–Crippen MR) is 73.1 cm³/mol. The Balaban J connectivity index is 1.76. The average molecular weight is 264 g/mol. The van der Waals surface area contributed by atoms with Crippen molar-refractivity contribution in [2.75, 3.05) is 20.3 Å². The number of aliphatic imine (C=N–C) groups is 1. The van der Waals surface area contributed by atoms with Crippen LogP contribution in [0, 0.1) is 0 Å². The first-order chi connectivity index (χ1) is 9.28. The molecule has 1 fully saturated rings. The van der Waals surface area contributed by atoms with Crippen LogP contribution in [-0.4, -0.2) is 37.3 Å². The van der Waals surface area contributed by atoms with E-state index in [9.17, 15) is 0 Å². The van der Waals surface area contributed by atoms with Gasteiger partial charge in [-0.2, -0.15) is 0 Å². The van der Waals surface area contributed by atoms with Crippen molar-refractivity contribution in [2.24, 2.45) is 10.7 Å². The minimum Gasteiger partial charge on any atom is -0.481 e. The van der Waals surface area contributed by atoms with Crippen molar-refractivity contribution in [3.8, 4) is 5.88 Å². The van der Waals surface area contributed by atoms with Gasteiger partial charge in [-0.15, -0.1) is 0 Å². The lowest BCUT2D eigenvalue weighted by Crippen LogP contribution is -2.37. The summed E-state index contributed by atoms with van der Waals surface area (Å²) < 4.78 is 10.5. The number of aromatic nitrogens is 1. The fourth-order valence-corrected chi connectivity index (χ4v) is 1.88. The summed E-state index contributed by atoms with van der Waals surface area (Å²) in [4.78, 5) is 8.37. The molecule has 3 N–H and O–H groups in total. The SMILES string of the molecule is COc1ccc(CN=C(N)NCC2CCCO2)cn1. The number of ether oxygens (including phenoxy) is 2. The molecular formula is C13H20N4O2. The van der Waals surface area contributed by atoms with Gasteiger partial charge < -0.3 is 20.5 Å². The van der Waals surface area contributed by atoms with E-state index in [1.807, 2.05) is 6.07 Å². The van der Waals surface area contributed by atoms with Crippen molar-refractivity contribution in [1.29, 1.82) is 0 Å².